The van der Waals surface area contributed by atoms with Crippen molar-refractivity contribution in [3.05, 3.63) is 0 Å². The molecule has 0 bridgehead atoms. The molecular weight excluding hydrogens is 355 g/mol. The average molecular weight is 394 g/mol. The molecule has 0 atom stereocenters. The van der Waals surface area contributed by atoms with E-state index < -0.39 is 11.4 Å². The fourth-order valence-corrected chi connectivity index (χ4v) is 0. The molecule has 0 unspecified atom stereocenters. The summed E-state index contributed by atoms with van der Waals surface area (Å²) >= 11 is 0. The third-order valence-corrected chi connectivity index (χ3v) is 2.11. The first kappa shape index (κ1) is 32.3. The Labute approximate surface area is 146 Å². The zero-order chi connectivity index (χ0) is 16.3. The van der Waals surface area contributed by atoms with Gasteiger partial charge < -0.3 is 9.90 Å². The molecule has 0 saturated heterocycles. The Morgan fingerprint density at radius 2 is 0.800 bits per heavy atom. The van der Waals surface area contributed by atoms with Crippen LogP contribution in [-0.2, 0) is 4.79 Å². The summed E-state index contributed by atoms with van der Waals surface area (Å²) in [5.74, 6) is -1.01. The molecule has 0 spiro atoms. The number of carboxylic acids is 1. The molecule has 0 aliphatic heterocycles. The SMILES string of the molecule is CC(C)(C)C(=O)[O-].CCCC.CCCC.CCCC.[Sn]. The Hall–Kier alpha value is 0.269. The monoisotopic (exact) mass is 395 g/mol. The maximum absolute atomic E-state index is 9.91. The van der Waals surface area contributed by atoms with Gasteiger partial charge in [0.25, 0.3) is 0 Å². The number of hydrogen-bond donors (Lipinski definition) is 0. The fraction of sp³-hybridized carbons (Fsp3) is 0.941. The molecule has 0 aliphatic carbocycles. The van der Waals surface area contributed by atoms with Crippen LogP contribution in [0.15, 0.2) is 0 Å². The van der Waals surface area contributed by atoms with Crippen molar-refractivity contribution in [1.29, 1.82) is 0 Å². The Morgan fingerprint density at radius 1 is 0.700 bits per heavy atom. The average Bonchev–Trinajstić information content (AvgIpc) is 2.38. The van der Waals surface area contributed by atoms with Crippen LogP contribution in [0.4, 0.5) is 0 Å². The topological polar surface area (TPSA) is 40.1 Å². The van der Waals surface area contributed by atoms with E-state index in [1.807, 2.05) is 0 Å². The minimum Gasteiger partial charge on any atom is -0.550 e. The smallest absolute Gasteiger partial charge is 0.0467 e. The summed E-state index contributed by atoms with van der Waals surface area (Å²) in [6, 6.07) is 0. The van der Waals surface area contributed by atoms with Crippen molar-refractivity contribution in [3.63, 3.8) is 0 Å². The number of aliphatic carboxylic acids is 1. The van der Waals surface area contributed by atoms with Crippen molar-refractivity contribution in [2.75, 3.05) is 0 Å². The molecule has 124 valence electrons. The predicted molar refractivity (Wildman–Crippen MR) is 92.0 cm³/mol. The van der Waals surface area contributed by atoms with Crippen molar-refractivity contribution in [1.82, 2.24) is 0 Å². The Morgan fingerprint density at radius 3 is 0.800 bits per heavy atom. The van der Waals surface area contributed by atoms with E-state index in [1.165, 1.54) is 38.5 Å². The van der Waals surface area contributed by atoms with Crippen molar-refractivity contribution < 1.29 is 9.90 Å². The molecule has 4 radical (unpaired) electrons. The normalized spacial score (nSPS) is 8.45. The van der Waals surface area contributed by atoms with Crippen LogP contribution in [0, 0.1) is 5.41 Å². The second-order valence-electron chi connectivity index (χ2n) is 5.54. The molecule has 0 heterocycles. The fourth-order valence-electron chi connectivity index (χ4n) is 0. The van der Waals surface area contributed by atoms with Crippen LogP contribution in [0.2, 0.25) is 0 Å². The molecule has 2 nitrogen and oxygen atoms in total. The second kappa shape index (κ2) is 27.6. The number of hydrogen-bond acceptors (Lipinski definition) is 2. The van der Waals surface area contributed by atoms with Gasteiger partial charge in [-0.3, -0.25) is 0 Å². The van der Waals surface area contributed by atoms with E-state index in [-0.39, 0.29) is 23.9 Å². The summed E-state index contributed by atoms with van der Waals surface area (Å²) < 4.78 is 0. The number of carboxylic acid groups (broad SMARTS) is 1. The van der Waals surface area contributed by atoms with Gasteiger partial charge in [0.2, 0.25) is 0 Å². The molecule has 20 heavy (non-hydrogen) atoms. The largest absolute Gasteiger partial charge is 0.550 e. The van der Waals surface area contributed by atoms with E-state index in [2.05, 4.69) is 41.5 Å². The van der Waals surface area contributed by atoms with Gasteiger partial charge in [0, 0.05) is 35.3 Å². The third-order valence-electron chi connectivity index (χ3n) is 2.11. The first-order valence-corrected chi connectivity index (χ1v) is 7.90. The maximum Gasteiger partial charge on any atom is 0.0467 e. The number of carbonyl (C=O) groups excluding carboxylic acids is 1. The first-order chi connectivity index (χ1) is 8.69. The van der Waals surface area contributed by atoms with E-state index in [4.69, 9.17) is 0 Å². The molecule has 0 aromatic rings. The Balaban J connectivity index is -0.0000000512. The number of rotatable bonds is 3. The summed E-state index contributed by atoms with van der Waals surface area (Å²) in [7, 11) is 0. The van der Waals surface area contributed by atoms with Crippen molar-refractivity contribution in [2.45, 2.75) is 101 Å². The Bertz CT molecular complexity index is 136. The quantitative estimate of drug-likeness (QED) is 0.644. The van der Waals surface area contributed by atoms with Crippen LogP contribution in [0.1, 0.15) is 101 Å². The van der Waals surface area contributed by atoms with Crippen LogP contribution in [0.3, 0.4) is 0 Å². The van der Waals surface area contributed by atoms with Crippen molar-refractivity contribution in [2.24, 2.45) is 5.41 Å². The second-order valence-corrected chi connectivity index (χ2v) is 5.54. The molecule has 0 aromatic carbocycles. The maximum atomic E-state index is 9.91. The molecule has 0 aromatic heterocycles. The summed E-state index contributed by atoms with van der Waals surface area (Å²) in [5, 5.41) is 9.91. The third kappa shape index (κ3) is 63.4. The summed E-state index contributed by atoms with van der Waals surface area (Å²) in [6.07, 6.45) is 7.92. The van der Waals surface area contributed by atoms with E-state index in [0.29, 0.717) is 0 Å². The van der Waals surface area contributed by atoms with Crippen LogP contribution in [0.5, 0.6) is 0 Å². The van der Waals surface area contributed by atoms with Crippen LogP contribution < -0.4 is 5.11 Å². The van der Waals surface area contributed by atoms with Gasteiger partial charge in [-0.2, -0.15) is 0 Å². The standard InChI is InChI=1S/C5H10O2.3C4H10.Sn/c1-5(2,3)4(6)7;3*1-3-4-2;/h1-3H3,(H,6,7);3*3-4H2,1-2H3;/p-1. The zero-order valence-electron chi connectivity index (χ0n) is 15.6. The van der Waals surface area contributed by atoms with Gasteiger partial charge in [-0.1, -0.05) is 101 Å². The molecule has 3 heteroatoms. The van der Waals surface area contributed by atoms with Gasteiger partial charge in [0.05, 0.1) is 0 Å². The Kier molecular flexibility index (Phi) is 44.5. The van der Waals surface area contributed by atoms with E-state index in [9.17, 15) is 9.90 Å². The van der Waals surface area contributed by atoms with Crippen LogP contribution in [-0.4, -0.2) is 29.9 Å². The molecular formula is C17H39O2Sn-. The number of unbranched alkanes of at least 4 members (excludes halogenated alkanes) is 3. The van der Waals surface area contributed by atoms with Crippen molar-refractivity contribution in [3.8, 4) is 0 Å². The molecule has 0 N–H and O–H groups in total. The van der Waals surface area contributed by atoms with Gasteiger partial charge in [-0.15, -0.1) is 0 Å². The predicted octanol–water partition coefficient (Wildman–Crippen LogP) is 4.82. The van der Waals surface area contributed by atoms with Gasteiger partial charge in [0.1, 0.15) is 0 Å². The van der Waals surface area contributed by atoms with E-state index >= 15 is 0 Å². The summed E-state index contributed by atoms with van der Waals surface area (Å²) in [6.45, 7) is 17.9. The first-order valence-electron chi connectivity index (χ1n) is 7.90. The summed E-state index contributed by atoms with van der Waals surface area (Å²) in [4.78, 5) is 9.91. The van der Waals surface area contributed by atoms with Gasteiger partial charge in [-0.25, -0.2) is 0 Å². The van der Waals surface area contributed by atoms with Crippen LogP contribution >= 0.6 is 0 Å². The summed E-state index contributed by atoms with van der Waals surface area (Å²) in [5.41, 5.74) is -0.694. The number of carbonyl (C=O) groups is 1. The van der Waals surface area contributed by atoms with Crippen molar-refractivity contribution >= 4 is 29.9 Å². The van der Waals surface area contributed by atoms with Gasteiger partial charge in [-0.05, 0) is 0 Å². The van der Waals surface area contributed by atoms with E-state index in [1.54, 1.807) is 20.8 Å². The molecule has 0 amide bonds. The molecule has 0 rings (SSSR count). The molecule has 0 saturated carbocycles. The van der Waals surface area contributed by atoms with Gasteiger partial charge in [0.15, 0.2) is 0 Å². The van der Waals surface area contributed by atoms with E-state index in [0.717, 1.165) is 0 Å². The minimum absolute atomic E-state index is 0. The molecule has 0 fully saturated rings. The van der Waals surface area contributed by atoms with Crippen LogP contribution in [0.25, 0.3) is 0 Å². The minimum atomic E-state index is -1.01. The zero-order valence-corrected chi connectivity index (χ0v) is 18.4. The van der Waals surface area contributed by atoms with Gasteiger partial charge >= 0.3 is 0 Å². The molecule has 0 aliphatic rings.